The van der Waals surface area contributed by atoms with Crippen molar-refractivity contribution in [2.45, 2.75) is 31.8 Å². The Morgan fingerprint density at radius 3 is 2.63 bits per heavy atom. The zero-order chi connectivity index (χ0) is 13.0. The minimum Gasteiger partial charge on any atom is -0.495 e. The van der Waals surface area contributed by atoms with Gasteiger partial charge < -0.3 is 10.1 Å². The highest BCUT2D eigenvalue weighted by Gasteiger charge is 2.64. The van der Waals surface area contributed by atoms with E-state index < -0.39 is 0 Å². The van der Waals surface area contributed by atoms with E-state index in [1.165, 1.54) is 24.8 Å². The van der Waals surface area contributed by atoms with Gasteiger partial charge in [0.05, 0.1) is 12.1 Å². The molecule has 0 saturated heterocycles. The third kappa shape index (κ3) is 1.88. The van der Waals surface area contributed by atoms with E-state index in [9.17, 15) is 0 Å². The third-order valence-corrected chi connectivity index (χ3v) is 5.79. The molecular formula is C16H20ClNO. The van der Waals surface area contributed by atoms with E-state index in [1.54, 1.807) is 7.11 Å². The van der Waals surface area contributed by atoms with E-state index >= 15 is 0 Å². The Hall–Kier alpha value is -0.730. The number of fused-ring (bicyclic) bond motifs is 5. The second kappa shape index (κ2) is 4.39. The van der Waals surface area contributed by atoms with Gasteiger partial charge in [-0.25, -0.2) is 0 Å². The van der Waals surface area contributed by atoms with Crippen molar-refractivity contribution in [2.75, 3.05) is 7.11 Å². The molecule has 0 aromatic heterocycles. The second-order valence-electron chi connectivity index (χ2n) is 6.36. The number of rotatable bonds is 4. The van der Waals surface area contributed by atoms with Gasteiger partial charge in [0.25, 0.3) is 0 Å². The van der Waals surface area contributed by atoms with Gasteiger partial charge in [-0.1, -0.05) is 17.7 Å². The Morgan fingerprint density at radius 1 is 1.26 bits per heavy atom. The number of nitrogens with one attached hydrogen (secondary N) is 1. The molecule has 2 bridgehead atoms. The molecule has 0 amide bonds. The smallest absolute Gasteiger partial charge is 0.137 e. The van der Waals surface area contributed by atoms with Crippen LogP contribution in [0.5, 0.6) is 5.75 Å². The van der Waals surface area contributed by atoms with Crippen LogP contribution in [0, 0.1) is 23.7 Å². The summed E-state index contributed by atoms with van der Waals surface area (Å²) in [6.07, 6.45) is 4.48. The van der Waals surface area contributed by atoms with Gasteiger partial charge in [-0.2, -0.15) is 0 Å². The average molecular weight is 278 g/mol. The Morgan fingerprint density at radius 2 is 2.00 bits per heavy atom. The lowest BCUT2D eigenvalue weighted by atomic mass is 10.0. The molecule has 3 fully saturated rings. The Bertz CT molecular complexity index is 488. The molecule has 1 aromatic rings. The molecule has 0 aliphatic heterocycles. The van der Waals surface area contributed by atoms with Crippen LogP contribution in [0.25, 0.3) is 0 Å². The maximum absolute atomic E-state index is 6.16. The molecule has 102 valence electrons. The summed E-state index contributed by atoms with van der Waals surface area (Å²) in [4.78, 5) is 0. The Labute approximate surface area is 119 Å². The third-order valence-electron chi connectivity index (χ3n) is 5.49. The predicted octanol–water partition coefficient (Wildman–Crippen LogP) is 3.48. The van der Waals surface area contributed by atoms with E-state index in [0.717, 1.165) is 42.0 Å². The fraction of sp³-hybridized carbons (Fsp3) is 0.625. The van der Waals surface area contributed by atoms with Crippen LogP contribution in [0.4, 0.5) is 0 Å². The van der Waals surface area contributed by atoms with Gasteiger partial charge in [0.2, 0.25) is 0 Å². The number of benzene rings is 1. The van der Waals surface area contributed by atoms with E-state index in [0.29, 0.717) is 5.02 Å². The molecule has 0 radical (unpaired) electrons. The summed E-state index contributed by atoms with van der Waals surface area (Å²) in [5, 5.41) is 4.45. The number of halogens is 1. The van der Waals surface area contributed by atoms with Crippen LogP contribution in [0.15, 0.2) is 18.2 Å². The summed E-state index contributed by atoms with van der Waals surface area (Å²) in [6, 6.07) is 6.86. The molecule has 4 unspecified atom stereocenters. The highest BCUT2D eigenvalue weighted by atomic mass is 35.5. The highest BCUT2D eigenvalue weighted by Crippen LogP contribution is 2.65. The summed E-state index contributed by atoms with van der Waals surface area (Å²) in [5.74, 6) is 4.81. The molecule has 2 nitrogen and oxygen atoms in total. The molecule has 1 N–H and O–H groups in total. The van der Waals surface area contributed by atoms with E-state index in [1.807, 2.05) is 12.1 Å². The maximum Gasteiger partial charge on any atom is 0.137 e. The molecule has 4 atom stereocenters. The molecule has 3 heteroatoms. The number of hydrogen-bond acceptors (Lipinski definition) is 2. The molecule has 4 rings (SSSR count). The van der Waals surface area contributed by atoms with Crippen molar-refractivity contribution in [3.63, 3.8) is 0 Å². The largest absolute Gasteiger partial charge is 0.495 e. The quantitative estimate of drug-likeness (QED) is 0.910. The summed E-state index contributed by atoms with van der Waals surface area (Å²) in [7, 11) is 1.65. The molecule has 0 heterocycles. The van der Waals surface area contributed by atoms with Crippen LogP contribution in [0.1, 0.15) is 24.8 Å². The lowest BCUT2D eigenvalue weighted by molar-refractivity contribution is 0.414. The van der Waals surface area contributed by atoms with Crippen LogP contribution >= 0.6 is 11.6 Å². The summed E-state index contributed by atoms with van der Waals surface area (Å²) in [6.45, 7) is 0.931. The van der Waals surface area contributed by atoms with Crippen LogP contribution in [-0.4, -0.2) is 13.2 Å². The minimum absolute atomic E-state index is 0.706. The lowest BCUT2D eigenvalue weighted by Gasteiger charge is -2.11. The number of methoxy groups -OCH3 is 1. The molecule has 19 heavy (non-hydrogen) atoms. The van der Waals surface area contributed by atoms with E-state index in [2.05, 4.69) is 11.4 Å². The topological polar surface area (TPSA) is 21.3 Å². The molecular weight excluding hydrogens is 258 g/mol. The van der Waals surface area contributed by atoms with Gasteiger partial charge in [-0.15, -0.1) is 0 Å². The highest BCUT2D eigenvalue weighted by molar-refractivity contribution is 6.32. The molecule has 3 aliphatic rings. The van der Waals surface area contributed by atoms with Gasteiger partial charge in [0.15, 0.2) is 0 Å². The van der Waals surface area contributed by atoms with Gasteiger partial charge in [-0.05, 0) is 60.6 Å². The predicted molar refractivity (Wildman–Crippen MR) is 76.4 cm³/mol. The van der Waals surface area contributed by atoms with Crippen molar-refractivity contribution >= 4 is 11.6 Å². The Kier molecular flexibility index (Phi) is 2.78. The van der Waals surface area contributed by atoms with Crippen molar-refractivity contribution in [3.8, 4) is 5.75 Å². The van der Waals surface area contributed by atoms with Gasteiger partial charge in [-0.3, -0.25) is 0 Å². The summed E-state index contributed by atoms with van der Waals surface area (Å²) in [5.41, 5.74) is 1.25. The molecule has 1 aromatic carbocycles. The SMILES string of the molecule is COc1ccc(CNC2C3C4CCC(C4)C23)cc1Cl. The normalized spacial score (nSPS) is 38.3. The van der Waals surface area contributed by atoms with Crippen molar-refractivity contribution in [3.05, 3.63) is 28.8 Å². The number of ether oxygens (including phenoxy) is 1. The van der Waals surface area contributed by atoms with Crippen molar-refractivity contribution in [1.82, 2.24) is 5.32 Å². The first kappa shape index (κ1) is 12.0. The minimum atomic E-state index is 0.706. The molecule has 3 saturated carbocycles. The lowest BCUT2D eigenvalue weighted by Crippen LogP contribution is -2.22. The first-order chi connectivity index (χ1) is 9.28. The molecule has 0 spiro atoms. The maximum atomic E-state index is 6.16. The zero-order valence-corrected chi connectivity index (χ0v) is 12.0. The van der Waals surface area contributed by atoms with Gasteiger partial charge >= 0.3 is 0 Å². The van der Waals surface area contributed by atoms with Crippen LogP contribution < -0.4 is 10.1 Å². The van der Waals surface area contributed by atoms with Crippen LogP contribution in [-0.2, 0) is 6.54 Å². The Balaban J connectivity index is 1.37. The summed E-state index contributed by atoms with van der Waals surface area (Å²) >= 11 is 6.16. The van der Waals surface area contributed by atoms with E-state index in [4.69, 9.17) is 16.3 Å². The van der Waals surface area contributed by atoms with Crippen LogP contribution in [0.3, 0.4) is 0 Å². The fourth-order valence-corrected chi connectivity index (χ4v) is 4.93. The summed E-state index contributed by atoms with van der Waals surface area (Å²) < 4.78 is 5.18. The molecule has 3 aliphatic carbocycles. The van der Waals surface area contributed by atoms with Crippen molar-refractivity contribution in [2.24, 2.45) is 23.7 Å². The zero-order valence-electron chi connectivity index (χ0n) is 11.2. The van der Waals surface area contributed by atoms with Crippen LogP contribution in [0.2, 0.25) is 5.02 Å². The van der Waals surface area contributed by atoms with Gasteiger partial charge in [0, 0.05) is 12.6 Å². The van der Waals surface area contributed by atoms with Gasteiger partial charge in [0.1, 0.15) is 5.75 Å². The monoisotopic (exact) mass is 277 g/mol. The second-order valence-corrected chi connectivity index (χ2v) is 6.77. The number of hydrogen-bond donors (Lipinski definition) is 1. The fourth-order valence-electron chi connectivity index (χ4n) is 4.65. The first-order valence-corrected chi connectivity index (χ1v) is 7.71. The average Bonchev–Trinajstić information content (AvgIpc) is 2.80. The first-order valence-electron chi connectivity index (χ1n) is 7.33. The van der Waals surface area contributed by atoms with E-state index in [-0.39, 0.29) is 0 Å². The van der Waals surface area contributed by atoms with Crippen molar-refractivity contribution in [1.29, 1.82) is 0 Å². The van der Waals surface area contributed by atoms with Crippen molar-refractivity contribution < 1.29 is 4.74 Å². The standard InChI is InChI=1S/C16H20ClNO/c1-19-13-5-2-9(6-12(13)17)8-18-16-14-10-3-4-11(7-10)15(14)16/h2,5-6,10-11,14-16,18H,3-4,7-8H2,1H3.